The lowest BCUT2D eigenvalue weighted by molar-refractivity contribution is -0.118. The van der Waals surface area contributed by atoms with E-state index in [0.29, 0.717) is 29.1 Å². The maximum Gasteiger partial charge on any atom is 0.286 e. The van der Waals surface area contributed by atoms with E-state index in [-0.39, 0.29) is 11.8 Å². The summed E-state index contributed by atoms with van der Waals surface area (Å²) in [6.45, 7) is 6.98. The van der Waals surface area contributed by atoms with Gasteiger partial charge in [0.2, 0.25) is 10.9 Å². The van der Waals surface area contributed by atoms with Crippen LogP contribution in [0.3, 0.4) is 0 Å². The molecule has 2 heterocycles. The molecule has 1 aliphatic rings. The second-order valence-corrected chi connectivity index (χ2v) is 9.59. The number of carbonyl (C=O) groups excluding carboxylic acids is 2. The summed E-state index contributed by atoms with van der Waals surface area (Å²) in [4.78, 5) is 26.8. The number of nitrogens with zero attached hydrogens (tertiary/aromatic N) is 3. The molecule has 1 aliphatic heterocycles. The quantitative estimate of drug-likeness (QED) is 0.613. The molecule has 1 aromatic heterocycles. The largest absolute Gasteiger partial charge is 0.354 e. The zero-order valence-electron chi connectivity index (χ0n) is 17.5. The number of benzene rings is 1. The molecule has 7 nitrogen and oxygen atoms in total. The second-order valence-electron chi connectivity index (χ2n) is 7.54. The Morgan fingerprint density at radius 3 is 2.80 bits per heavy atom. The molecule has 0 bridgehead atoms. The number of nitrogens with one attached hydrogen (secondary N) is 2. The van der Waals surface area contributed by atoms with E-state index in [2.05, 4.69) is 32.7 Å². The van der Waals surface area contributed by atoms with Crippen LogP contribution in [0, 0.1) is 6.92 Å². The number of carbonyl (C=O) groups is 2. The Kier molecular flexibility index (Phi) is 8.65. The van der Waals surface area contributed by atoms with Crippen molar-refractivity contribution in [3.63, 3.8) is 0 Å². The minimum Gasteiger partial charge on any atom is -0.354 e. The van der Waals surface area contributed by atoms with E-state index in [9.17, 15) is 9.59 Å². The summed E-state index contributed by atoms with van der Waals surface area (Å²) in [6, 6.07) is 8.21. The number of anilines is 1. The molecule has 30 heavy (non-hydrogen) atoms. The van der Waals surface area contributed by atoms with Crippen molar-refractivity contribution < 1.29 is 9.59 Å². The van der Waals surface area contributed by atoms with E-state index in [1.807, 2.05) is 31.2 Å². The highest BCUT2D eigenvalue weighted by molar-refractivity contribution is 7.99. The third-order valence-electron chi connectivity index (χ3n) is 5.09. The maximum absolute atomic E-state index is 12.3. The molecule has 1 saturated heterocycles. The predicted molar refractivity (Wildman–Crippen MR) is 123 cm³/mol. The molecule has 2 amide bonds. The maximum atomic E-state index is 12.3. The first-order chi connectivity index (χ1) is 14.5. The number of aromatic nitrogens is 2. The minimum atomic E-state index is -0.266. The molecule has 2 aromatic rings. The van der Waals surface area contributed by atoms with Gasteiger partial charge in [0.05, 0.1) is 5.75 Å². The van der Waals surface area contributed by atoms with Crippen molar-refractivity contribution >= 4 is 40.6 Å². The van der Waals surface area contributed by atoms with Crippen molar-refractivity contribution in [2.24, 2.45) is 0 Å². The van der Waals surface area contributed by atoms with Crippen molar-refractivity contribution in [2.75, 3.05) is 30.7 Å². The van der Waals surface area contributed by atoms with Crippen molar-refractivity contribution in [1.29, 1.82) is 0 Å². The lowest BCUT2D eigenvalue weighted by Crippen LogP contribution is -2.42. The Balaban J connectivity index is 1.34. The molecule has 0 unspecified atom stereocenters. The molecule has 0 saturated carbocycles. The normalized spacial score (nSPS) is 16.9. The van der Waals surface area contributed by atoms with Gasteiger partial charge in [0.15, 0.2) is 0 Å². The van der Waals surface area contributed by atoms with Crippen molar-refractivity contribution in [2.45, 2.75) is 44.9 Å². The molecule has 1 aromatic carbocycles. The van der Waals surface area contributed by atoms with E-state index < -0.39 is 0 Å². The fourth-order valence-electron chi connectivity index (χ4n) is 3.34. The van der Waals surface area contributed by atoms with Gasteiger partial charge in [-0.25, -0.2) is 0 Å². The second kappa shape index (κ2) is 11.4. The fourth-order valence-corrected chi connectivity index (χ4v) is 4.97. The monoisotopic (exact) mass is 447 g/mol. The van der Waals surface area contributed by atoms with Crippen molar-refractivity contribution in [3.05, 3.63) is 39.8 Å². The lowest BCUT2D eigenvalue weighted by Gasteiger charge is -2.33. The zero-order valence-corrected chi connectivity index (χ0v) is 19.2. The molecule has 1 atom stereocenters. The van der Waals surface area contributed by atoms with Gasteiger partial charge in [-0.1, -0.05) is 35.5 Å². The SMILES string of the molecule is Cc1ccc(NC(=O)c2nnc(CSCC(=O)NCCN3CCCC[C@@H]3C)s2)cc1. The van der Waals surface area contributed by atoms with Crippen molar-refractivity contribution in [1.82, 2.24) is 20.4 Å². The highest BCUT2D eigenvalue weighted by atomic mass is 32.2. The first kappa shape index (κ1) is 22.7. The molecule has 9 heteroatoms. The molecule has 0 aliphatic carbocycles. The van der Waals surface area contributed by atoms with Gasteiger partial charge in [0.1, 0.15) is 5.01 Å². The van der Waals surface area contributed by atoms with Crippen LogP contribution in [0.1, 0.15) is 46.6 Å². The van der Waals surface area contributed by atoms with Gasteiger partial charge in [0.25, 0.3) is 5.91 Å². The molecule has 2 N–H and O–H groups in total. The fraction of sp³-hybridized carbons (Fsp3) is 0.524. The van der Waals surface area contributed by atoms with Crippen LogP contribution >= 0.6 is 23.1 Å². The molecule has 0 radical (unpaired) electrons. The molecule has 0 spiro atoms. The Hall–Kier alpha value is -1.97. The van der Waals surface area contributed by atoms with Crippen molar-refractivity contribution in [3.8, 4) is 0 Å². The van der Waals surface area contributed by atoms with Gasteiger partial charge in [-0.05, 0) is 45.4 Å². The van der Waals surface area contributed by atoms with Gasteiger partial charge in [0, 0.05) is 30.6 Å². The van der Waals surface area contributed by atoms with Crippen LogP contribution in [-0.2, 0) is 10.5 Å². The van der Waals surface area contributed by atoms with E-state index in [1.54, 1.807) is 0 Å². The smallest absolute Gasteiger partial charge is 0.286 e. The number of likely N-dealkylation sites (tertiary alicyclic amines) is 1. The zero-order chi connectivity index (χ0) is 21.3. The summed E-state index contributed by atoms with van der Waals surface area (Å²) < 4.78 is 0. The Bertz CT molecular complexity index is 840. The highest BCUT2D eigenvalue weighted by Crippen LogP contribution is 2.18. The van der Waals surface area contributed by atoms with Gasteiger partial charge >= 0.3 is 0 Å². The summed E-state index contributed by atoms with van der Waals surface area (Å²) in [6.07, 6.45) is 3.80. The first-order valence-electron chi connectivity index (χ1n) is 10.3. The van der Waals surface area contributed by atoms with E-state index in [4.69, 9.17) is 0 Å². The van der Waals surface area contributed by atoms with Gasteiger partial charge in [-0.3, -0.25) is 14.5 Å². The van der Waals surface area contributed by atoms with E-state index in [0.717, 1.165) is 29.3 Å². The molecule has 1 fully saturated rings. The number of thioether (sulfide) groups is 1. The summed E-state index contributed by atoms with van der Waals surface area (Å²) >= 11 is 2.74. The van der Waals surface area contributed by atoms with Gasteiger partial charge in [-0.15, -0.1) is 22.0 Å². The Labute approximate surface area is 186 Å². The average molecular weight is 448 g/mol. The number of aryl methyl sites for hydroxylation is 1. The topological polar surface area (TPSA) is 87.2 Å². The number of hydrogen-bond acceptors (Lipinski definition) is 7. The van der Waals surface area contributed by atoms with Crippen LogP contribution in [-0.4, -0.2) is 58.3 Å². The van der Waals surface area contributed by atoms with Crippen LogP contribution in [0.2, 0.25) is 0 Å². The van der Waals surface area contributed by atoms with Crippen LogP contribution < -0.4 is 10.6 Å². The van der Waals surface area contributed by atoms with Crippen LogP contribution in [0.4, 0.5) is 5.69 Å². The molecular weight excluding hydrogens is 418 g/mol. The van der Waals surface area contributed by atoms with Crippen LogP contribution in [0.15, 0.2) is 24.3 Å². The summed E-state index contributed by atoms with van der Waals surface area (Å²) in [5, 5.41) is 14.9. The first-order valence-corrected chi connectivity index (χ1v) is 12.3. The Morgan fingerprint density at radius 2 is 2.03 bits per heavy atom. The van der Waals surface area contributed by atoms with Gasteiger partial charge < -0.3 is 10.6 Å². The van der Waals surface area contributed by atoms with Crippen LogP contribution in [0.5, 0.6) is 0 Å². The lowest BCUT2D eigenvalue weighted by atomic mass is 10.0. The summed E-state index contributed by atoms with van der Waals surface area (Å²) in [7, 11) is 0. The number of hydrogen-bond donors (Lipinski definition) is 2. The van der Waals surface area contributed by atoms with E-state index in [1.165, 1.54) is 42.4 Å². The Morgan fingerprint density at radius 1 is 1.23 bits per heavy atom. The predicted octanol–water partition coefficient (Wildman–Crippen LogP) is 3.32. The minimum absolute atomic E-state index is 0.0338. The number of amides is 2. The number of piperidine rings is 1. The standard InChI is InChI=1S/C21H29N5O2S2/c1-15-6-8-17(9-7-15)23-20(28)21-25-24-19(30-21)14-29-13-18(27)22-10-12-26-11-4-3-5-16(26)2/h6-9,16H,3-5,10-14H2,1-2H3,(H,22,27)(H,23,28)/t16-/m0/s1. The summed E-state index contributed by atoms with van der Waals surface area (Å²) in [5.41, 5.74) is 1.86. The molecule has 162 valence electrons. The van der Waals surface area contributed by atoms with Crippen LogP contribution in [0.25, 0.3) is 0 Å². The molecule has 3 rings (SSSR count). The summed E-state index contributed by atoms with van der Waals surface area (Å²) in [5.74, 6) is 0.704. The third-order valence-corrected chi connectivity index (χ3v) is 7.14. The highest BCUT2D eigenvalue weighted by Gasteiger charge is 2.17. The van der Waals surface area contributed by atoms with Gasteiger partial charge in [-0.2, -0.15) is 0 Å². The third kappa shape index (κ3) is 7.07. The average Bonchev–Trinajstić information content (AvgIpc) is 3.20. The van der Waals surface area contributed by atoms with E-state index >= 15 is 0 Å². The molecular formula is C21H29N5O2S2. The number of rotatable bonds is 9.